The summed E-state index contributed by atoms with van der Waals surface area (Å²) in [6.07, 6.45) is -5.39. The number of aliphatic hydroxyl groups excluding tert-OH is 3. The van der Waals surface area contributed by atoms with Gasteiger partial charge in [0.25, 0.3) is 5.91 Å². The minimum absolute atomic E-state index is 0. The van der Waals surface area contributed by atoms with E-state index in [0.29, 0.717) is 0 Å². The van der Waals surface area contributed by atoms with Crippen LogP contribution in [0.25, 0.3) is 0 Å². The van der Waals surface area contributed by atoms with Crippen LogP contribution in [0.4, 0.5) is 0 Å². The molecule has 1 aliphatic heterocycles. The molecule has 0 spiro atoms. The zero-order valence-electron chi connectivity index (χ0n) is 7.38. The SMILES string of the molecule is O=C([O-])[C@H]1NC(=O)[C@H](O)[C@@H](O)[C@H]1O.[Na+]. The van der Waals surface area contributed by atoms with Crippen molar-refractivity contribution in [3.05, 3.63) is 0 Å². The molecule has 8 heteroatoms. The minimum Gasteiger partial charge on any atom is -0.548 e. The molecule has 0 aromatic rings. The topological polar surface area (TPSA) is 130 Å². The maximum absolute atomic E-state index is 10.7. The molecule has 4 N–H and O–H groups in total. The summed E-state index contributed by atoms with van der Waals surface area (Å²) < 4.78 is 0. The first-order valence-corrected chi connectivity index (χ1v) is 3.50. The minimum atomic E-state index is -1.81. The quantitative estimate of drug-likeness (QED) is 0.320. The molecule has 0 radical (unpaired) electrons. The average Bonchev–Trinajstić information content (AvgIpc) is 2.07. The number of amides is 1. The molecule has 0 aromatic heterocycles. The summed E-state index contributed by atoms with van der Waals surface area (Å²) in [4.78, 5) is 21.0. The Labute approximate surface area is 101 Å². The third-order valence-corrected chi connectivity index (χ3v) is 1.84. The van der Waals surface area contributed by atoms with Crippen LogP contribution in [0.15, 0.2) is 0 Å². The van der Waals surface area contributed by atoms with Crippen LogP contribution in [-0.2, 0) is 9.59 Å². The Balaban J connectivity index is 0.00000169. The Bertz CT molecular complexity index is 246. The van der Waals surface area contributed by atoms with E-state index in [0.717, 1.165) is 0 Å². The molecule has 0 aromatic carbocycles. The average molecular weight is 213 g/mol. The Kier molecular flexibility index (Phi) is 4.99. The van der Waals surface area contributed by atoms with Gasteiger partial charge in [-0.05, 0) is 0 Å². The van der Waals surface area contributed by atoms with Crippen molar-refractivity contribution in [1.82, 2.24) is 5.32 Å². The van der Waals surface area contributed by atoms with Crippen LogP contribution in [-0.4, -0.2) is 51.5 Å². The van der Waals surface area contributed by atoms with Crippen LogP contribution in [0.3, 0.4) is 0 Å². The third kappa shape index (κ3) is 2.44. The molecule has 1 rings (SSSR count). The van der Waals surface area contributed by atoms with Crippen molar-refractivity contribution in [2.45, 2.75) is 24.4 Å². The van der Waals surface area contributed by atoms with Crippen molar-refractivity contribution < 1.29 is 59.6 Å². The van der Waals surface area contributed by atoms with Crippen LogP contribution in [0, 0.1) is 0 Å². The van der Waals surface area contributed by atoms with Crippen molar-refractivity contribution in [3.63, 3.8) is 0 Å². The second-order valence-corrected chi connectivity index (χ2v) is 2.73. The molecule has 0 bridgehead atoms. The molecule has 1 heterocycles. The number of carbonyl (C=O) groups is 2. The predicted octanol–water partition coefficient (Wildman–Crippen LogP) is -7.68. The molecule has 1 fully saturated rings. The summed E-state index contributed by atoms with van der Waals surface area (Å²) in [5, 5.41) is 39.0. The number of carboxylic acid groups (broad SMARTS) is 1. The van der Waals surface area contributed by atoms with Gasteiger partial charge < -0.3 is 30.5 Å². The Morgan fingerprint density at radius 1 is 1.29 bits per heavy atom. The number of piperidine rings is 1. The summed E-state index contributed by atoms with van der Waals surface area (Å²) in [6, 6.07) is -1.69. The molecule has 1 aliphatic rings. The third-order valence-electron chi connectivity index (χ3n) is 1.84. The number of aliphatic carboxylic acids is 1. The van der Waals surface area contributed by atoms with Crippen LogP contribution in [0.2, 0.25) is 0 Å². The number of carboxylic acids is 1. The van der Waals surface area contributed by atoms with Gasteiger partial charge in [-0.2, -0.15) is 0 Å². The largest absolute Gasteiger partial charge is 1.00 e. The fraction of sp³-hybridized carbons (Fsp3) is 0.667. The molecule has 4 atom stereocenters. The maximum Gasteiger partial charge on any atom is 1.00 e. The normalized spacial score (nSPS) is 36.9. The summed E-state index contributed by atoms with van der Waals surface area (Å²) in [7, 11) is 0. The van der Waals surface area contributed by atoms with Crippen LogP contribution in [0.5, 0.6) is 0 Å². The molecule has 1 saturated heterocycles. The monoisotopic (exact) mass is 213 g/mol. The van der Waals surface area contributed by atoms with E-state index < -0.39 is 36.2 Å². The predicted molar refractivity (Wildman–Crippen MR) is 35.0 cm³/mol. The number of hydrogen-bond donors (Lipinski definition) is 4. The first-order valence-electron chi connectivity index (χ1n) is 3.50. The molecule has 14 heavy (non-hydrogen) atoms. The van der Waals surface area contributed by atoms with E-state index in [2.05, 4.69) is 0 Å². The zero-order chi connectivity index (χ0) is 10.2. The molecular weight excluding hydrogens is 205 g/mol. The number of rotatable bonds is 1. The van der Waals surface area contributed by atoms with Gasteiger partial charge in [-0.15, -0.1) is 0 Å². The van der Waals surface area contributed by atoms with Crippen LogP contribution < -0.4 is 40.0 Å². The van der Waals surface area contributed by atoms with E-state index in [9.17, 15) is 14.7 Å². The number of carbonyl (C=O) groups excluding carboxylic acids is 2. The fourth-order valence-corrected chi connectivity index (χ4v) is 1.06. The second kappa shape index (κ2) is 5.06. The van der Waals surface area contributed by atoms with Crippen molar-refractivity contribution in [2.75, 3.05) is 0 Å². The summed E-state index contributed by atoms with van der Waals surface area (Å²) >= 11 is 0. The smallest absolute Gasteiger partial charge is 0.548 e. The Morgan fingerprint density at radius 2 is 1.79 bits per heavy atom. The Hall–Kier alpha value is -0.180. The molecule has 0 saturated carbocycles. The van der Waals surface area contributed by atoms with Gasteiger partial charge in [0, 0.05) is 0 Å². The van der Waals surface area contributed by atoms with Gasteiger partial charge in [0.05, 0.1) is 12.0 Å². The van der Waals surface area contributed by atoms with Gasteiger partial charge in [-0.3, -0.25) is 4.79 Å². The van der Waals surface area contributed by atoms with Gasteiger partial charge in [0.1, 0.15) is 12.2 Å². The number of aliphatic hydroxyl groups is 3. The van der Waals surface area contributed by atoms with Crippen molar-refractivity contribution in [3.8, 4) is 0 Å². The molecule has 74 valence electrons. The van der Waals surface area contributed by atoms with Crippen LogP contribution in [0.1, 0.15) is 0 Å². The van der Waals surface area contributed by atoms with Gasteiger partial charge in [0.2, 0.25) is 0 Å². The van der Waals surface area contributed by atoms with Crippen molar-refractivity contribution >= 4 is 11.9 Å². The fourth-order valence-electron chi connectivity index (χ4n) is 1.06. The van der Waals surface area contributed by atoms with Gasteiger partial charge in [0.15, 0.2) is 6.10 Å². The van der Waals surface area contributed by atoms with E-state index in [1.165, 1.54) is 0 Å². The molecule has 7 nitrogen and oxygen atoms in total. The van der Waals surface area contributed by atoms with E-state index in [1.54, 1.807) is 5.32 Å². The van der Waals surface area contributed by atoms with Crippen molar-refractivity contribution in [2.24, 2.45) is 0 Å². The summed E-state index contributed by atoms with van der Waals surface area (Å²) in [5.41, 5.74) is 0. The summed E-state index contributed by atoms with van der Waals surface area (Å²) in [6.45, 7) is 0. The number of hydrogen-bond acceptors (Lipinski definition) is 6. The van der Waals surface area contributed by atoms with E-state index >= 15 is 0 Å². The first kappa shape index (κ1) is 13.8. The van der Waals surface area contributed by atoms with Gasteiger partial charge in [-0.1, -0.05) is 0 Å². The molecule has 0 unspecified atom stereocenters. The first-order chi connectivity index (χ1) is 5.95. The van der Waals surface area contributed by atoms with E-state index in [4.69, 9.17) is 15.3 Å². The van der Waals surface area contributed by atoms with Gasteiger partial charge in [-0.25, -0.2) is 0 Å². The van der Waals surface area contributed by atoms with Crippen molar-refractivity contribution in [1.29, 1.82) is 0 Å². The molecule has 1 amide bonds. The van der Waals surface area contributed by atoms with Gasteiger partial charge >= 0.3 is 29.6 Å². The number of nitrogens with one attached hydrogen (secondary N) is 1. The second-order valence-electron chi connectivity index (χ2n) is 2.73. The van der Waals surface area contributed by atoms with E-state index in [-0.39, 0.29) is 29.6 Å². The maximum atomic E-state index is 10.7. The zero-order valence-corrected chi connectivity index (χ0v) is 9.38. The van der Waals surface area contributed by atoms with Crippen LogP contribution >= 0.6 is 0 Å². The molecular formula is C6H8NNaO6. The summed E-state index contributed by atoms with van der Waals surface area (Å²) in [5.74, 6) is -2.76. The van der Waals surface area contributed by atoms with E-state index in [1.807, 2.05) is 0 Å². The standard InChI is InChI=1S/C6H9NO6.Na/c8-2-1(6(12)13)7-5(11)4(10)3(2)9;/h1-4,8-10H,(H,7,11)(H,12,13);/q;+1/p-1/t1-,2-,3-,4+;/m0./s1. The Morgan fingerprint density at radius 3 is 2.21 bits per heavy atom. The molecule has 0 aliphatic carbocycles.